The molecule has 11 nitrogen and oxygen atoms in total. The minimum Gasteiger partial charge on any atom is -0.494 e. The van der Waals surface area contributed by atoms with E-state index in [1.54, 1.807) is 24.3 Å². The van der Waals surface area contributed by atoms with Gasteiger partial charge in [-0.1, -0.05) is 35.9 Å². The van der Waals surface area contributed by atoms with Gasteiger partial charge in [-0.05, 0) is 68.2 Å². The summed E-state index contributed by atoms with van der Waals surface area (Å²) < 4.78 is 8.01. The molecular formula is C31H32BClN6O5. The first-order valence-electron chi connectivity index (χ1n) is 14.3. The molecule has 1 aliphatic rings. The molecule has 2 amide bonds. The van der Waals surface area contributed by atoms with Crippen molar-refractivity contribution in [2.24, 2.45) is 4.99 Å². The van der Waals surface area contributed by atoms with E-state index in [-0.39, 0.29) is 23.7 Å². The summed E-state index contributed by atoms with van der Waals surface area (Å²) in [4.78, 5) is 30.2. The maximum absolute atomic E-state index is 12.7. The van der Waals surface area contributed by atoms with Gasteiger partial charge in [0.05, 0.1) is 24.4 Å². The summed E-state index contributed by atoms with van der Waals surface area (Å²) in [6.07, 6.45) is 0.642. The molecule has 0 saturated carbocycles. The number of fused-ring (bicyclic) bond motifs is 3. The van der Waals surface area contributed by atoms with Crippen molar-refractivity contribution in [1.29, 1.82) is 0 Å². The lowest BCUT2D eigenvalue weighted by Gasteiger charge is -2.15. The highest BCUT2D eigenvalue weighted by Crippen LogP contribution is 2.34. The minimum absolute atomic E-state index is 0.108. The van der Waals surface area contributed by atoms with Crippen molar-refractivity contribution in [1.82, 2.24) is 25.4 Å². The summed E-state index contributed by atoms with van der Waals surface area (Å²) in [7, 11) is -1.64. The van der Waals surface area contributed by atoms with Gasteiger partial charge in [0.25, 0.3) is 5.91 Å². The number of halogens is 1. The van der Waals surface area contributed by atoms with Crippen LogP contribution in [0.15, 0.2) is 71.7 Å². The van der Waals surface area contributed by atoms with Gasteiger partial charge in [-0.25, -0.2) is 0 Å². The van der Waals surface area contributed by atoms with Gasteiger partial charge in [-0.15, -0.1) is 10.2 Å². The van der Waals surface area contributed by atoms with Gasteiger partial charge in [-0.2, -0.15) is 0 Å². The normalized spacial score (nSPS) is 13.7. The fourth-order valence-electron chi connectivity index (χ4n) is 4.99. The van der Waals surface area contributed by atoms with E-state index in [4.69, 9.17) is 21.3 Å². The Morgan fingerprint density at radius 3 is 2.59 bits per heavy atom. The van der Waals surface area contributed by atoms with Gasteiger partial charge >= 0.3 is 7.12 Å². The van der Waals surface area contributed by atoms with Crippen molar-refractivity contribution >= 4 is 41.7 Å². The molecule has 4 aromatic rings. The quantitative estimate of drug-likeness (QED) is 0.150. The van der Waals surface area contributed by atoms with Crippen molar-refractivity contribution in [3.05, 3.63) is 100 Å². The Morgan fingerprint density at radius 1 is 1.05 bits per heavy atom. The zero-order valence-corrected chi connectivity index (χ0v) is 25.1. The molecular weight excluding hydrogens is 583 g/mol. The van der Waals surface area contributed by atoms with Gasteiger partial charge in [0, 0.05) is 34.8 Å². The largest absolute Gasteiger partial charge is 0.494 e. The second kappa shape index (κ2) is 13.9. The molecule has 0 spiro atoms. The maximum atomic E-state index is 12.7. The van der Waals surface area contributed by atoms with Gasteiger partial charge < -0.3 is 25.4 Å². The molecule has 5 rings (SSSR count). The number of aromatic nitrogens is 3. The van der Waals surface area contributed by atoms with Crippen molar-refractivity contribution in [3.8, 4) is 11.4 Å². The SMILES string of the molecule is CCNC(=O)CC1N=C(c2ccc(Cl)cc2)c2cc(OCCCNC(=O)c3cccc(B(O)O)c3)ccc2-n2c(C)nnc21. The molecule has 2 heterocycles. The first kappa shape index (κ1) is 30.9. The molecule has 0 aliphatic carbocycles. The number of ether oxygens (including phenoxy) is 1. The fourth-order valence-corrected chi connectivity index (χ4v) is 5.12. The number of amides is 2. The Hall–Kier alpha value is -4.52. The summed E-state index contributed by atoms with van der Waals surface area (Å²) >= 11 is 6.19. The van der Waals surface area contributed by atoms with E-state index < -0.39 is 13.2 Å². The second-order valence-corrected chi connectivity index (χ2v) is 10.7. The molecule has 0 bridgehead atoms. The van der Waals surface area contributed by atoms with Crippen LogP contribution >= 0.6 is 11.6 Å². The van der Waals surface area contributed by atoms with Crippen LogP contribution in [0.3, 0.4) is 0 Å². The molecule has 44 heavy (non-hydrogen) atoms. The molecule has 1 aliphatic heterocycles. The van der Waals surface area contributed by atoms with Gasteiger partial charge in [0.2, 0.25) is 5.91 Å². The van der Waals surface area contributed by atoms with Crippen LogP contribution in [0.5, 0.6) is 5.75 Å². The van der Waals surface area contributed by atoms with Gasteiger partial charge in [-0.3, -0.25) is 19.1 Å². The summed E-state index contributed by atoms with van der Waals surface area (Å²) in [5, 5.41) is 33.7. The topological polar surface area (TPSA) is 151 Å². The lowest BCUT2D eigenvalue weighted by molar-refractivity contribution is -0.121. The Morgan fingerprint density at radius 2 is 1.84 bits per heavy atom. The lowest BCUT2D eigenvalue weighted by atomic mass is 9.79. The molecule has 226 valence electrons. The lowest BCUT2D eigenvalue weighted by Crippen LogP contribution is -2.32. The van der Waals surface area contributed by atoms with Crippen LogP contribution in [0.1, 0.15) is 58.9 Å². The third kappa shape index (κ3) is 6.99. The predicted octanol–water partition coefficient (Wildman–Crippen LogP) is 2.53. The number of nitrogens with one attached hydrogen (secondary N) is 2. The van der Waals surface area contributed by atoms with E-state index in [1.165, 1.54) is 12.1 Å². The Labute approximate surface area is 260 Å². The van der Waals surface area contributed by atoms with Crippen LogP contribution in [0.25, 0.3) is 5.69 Å². The van der Waals surface area contributed by atoms with Crippen molar-refractivity contribution in [2.45, 2.75) is 32.7 Å². The number of nitrogens with zero attached hydrogens (tertiary/aromatic N) is 4. The molecule has 0 fully saturated rings. The molecule has 0 radical (unpaired) electrons. The van der Waals surface area contributed by atoms with Gasteiger partial charge in [0.15, 0.2) is 5.82 Å². The van der Waals surface area contributed by atoms with Crippen LogP contribution in [-0.4, -0.2) is 69.2 Å². The highest BCUT2D eigenvalue weighted by Gasteiger charge is 2.30. The molecule has 1 aromatic heterocycles. The zero-order chi connectivity index (χ0) is 31.2. The maximum Gasteiger partial charge on any atom is 0.488 e. The van der Waals surface area contributed by atoms with Crippen LogP contribution in [0.2, 0.25) is 5.02 Å². The van der Waals surface area contributed by atoms with E-state index >= 15 is 0 Å². The standard InChI is InChI=1S/C31H32BClN6O5/c1-3-34-28(40)18-26-30-38-37-19(2)39(30)27-13-12-24(17-25(27)29(36-26)20-8-10-23(33)11-9-20)44-15-5-14-35-31(41)21-6-4-7-22(16-21)32(42)43/h4,6-13,16-17,26,42-43H,3,5,14-15,18H2,1-2H3,(H,34,40)(H,35,41). The van der Waals surface area contributed by atoms with Crippen LogP contribution in [0, 0.1) is 6.92 Å². The molecule has 4 N–H and O–H groups in total. The molecule has 1 unspecified atom stereocenters. The second-order valence-electron chi connectivity index (χ2n) is 10.2. The third-order valence-electron chi connectivity index (χ3n) is 7.09. The Bertz CT molecular complexity index is 1690. The summed E-state index contributed by atoms with van der Waals surface area (Å²) in [5.74, 6) is 1.39. The van der Waals surface area contributed by atoms with E-state index in [1.807, 2.05) is 48.7 Å². The molecule has 1 atom stereocenters. The zero-order valence-electron chi connectivity index (χ0n) is 24.3. The number of hydrogen-bond donors (Lipinski definition) is 4. The molecule has 13 heteroatoms. The van der Waals surface area contributed by atoms with E-state index in [2.05, 4.69) is 20.8 Å². The van der Waals surface area contributed by atoms with Gasteiger partial charge in [0.1, 0.15) is 17.6 Å². The average molecular weight is 615 g/mol. The third-order valence-corrected chi connectivity index (χ3v) is 7.34. The summed E-state index contributed by atoms with van der Waals surface area (Å²) in [6.45, 7) is 4.93. The minimum atomic E-state index is -1.64. The summed E-state index contributed by atoms with van der Waals surface area (Å²) in [5.41, 5.74) is 3.67. The van der Waals surface area contributed by atoms with Crippen molar-refractivity contribution in [3.63, 3.8) is 0 Å². The Kier molecular flexibility index (Phi) is 9.74. The summed E-state index contributed by atoms with van der Waals surface area (Å²) in [6, 6.07) is 18.7. The van der Waals surface area contributed by atoms with Crippen LogP contribution in [0.4, 0.5) is 0 Å². The highest BCUT2D eigenvalue weighted by atomic mass is 35.5. The number of aryl methyl sites for hydroxylation is 1. The highest BCUT2D eigenvalue weighted by molar-refractivity contribution is 6.58. The first-order valence-corrected chi connectivity index (χ1v) is 14.7. The van der Waals surface area contributed by atoms with E-state index in [9.17, 15) is 19.6 Å². The number of carbonyl (C=O) groups is 2. The van der Waals surface area contributed by atoms with E-state index in [0.29, 0.717) is 59.8 Å². The predicted molar refractivity (Wildman–Crippen MR) is 168 cm³/mol. The Balaban J connectivity index is 1.36. The fraction of sp³-hybridized carbons (Fsp3) is 0.258. The number of hydrogen-bond acceptors (Lipinski definition) is 8. The average Bonchev–Trinajstić information content (AvgIpc) is 3.34. The number of aliphatic imine (C=N–C) groups is 1. The smallest absolute Gasteiger partial charge is 0.488 e. The van der Waals surface area contributed by atoms with E-state index in [0.717, 1.165) is 16.8 Å². The first-order chi connectivity index (χ1) is 21.2. The molecule has 3 aromatic carbocycles. The number of benzene rings is 3. The van der Waals surface area contributed by atoms with Crippen LogP contribution in [-0.2, 0) is 4.79 Å². The number of carbonyl (C=O) groups excluding carboxylic acids is 2. The monoisotopic (exact) mass is 614 g/mol. The van der Waals surface area contributed by atoms with Crippen LogP contribution < -0.4 is 20.8 Å². The van der Waals surface area contributed by atoms with Crippen molar-refractivity contribution in [2.75, 3.05) is 19.7 Å². The number of rotatable bonds is 11. The van der Waals surface area contributed by atoms with Crippen molar-refractivity contribution < 1.29 is 24.4 Å². The molecule has 0 saturated heterocycles.